The molecule has 1 N–H and O–H groups in total. The molecule has 0 atom stereocenters. The molecule has 19 heavy (non-hydrogen) atoms. The fourth-order valence-electron chi connectivity index (χ4n) is 1.21. The third kappa shape index (κ3) is 4.49. The normalized spacial score (nSPS) is 10.5. The molecule has 2 aromatic rings. The number of anilines is 1. The highest BCUT2D eigenvalue weighted by molar-refractivity contribution is 7.99. The number of nitrogens with zero attached hydrogens (tertiary/aromatic N) is 4. The lowest BCUT2D eigenvalue weighted by atomic mass is 10.5. The first-order valence-corrected chi connectivity index (χ1v) is 7.19. The standard InChI is InChI=1S/C11H11Cl2N5S/c1-2-5-14-10-16-9(13)17-11(18-10)19-8-4-3-7(12)6-15-8/h3-4,6H,2,5H2,1H3,(H,14,16,17,18). The number of pyridine rings is 1. The Hall–Kier alpha value is -1.11. The Bertz CT molecular complexity index is 549. The lowest BCUT2D eigenvalue weighted by molar-refractivity contribution is 0.876. The highest BCUT2D eigenvalue weighted by Crippen LogP contribution is 2.24. The van der Waals surface area contributed by atoms with E-state index in [-0.39, 0.29) is 5.28 Å². The van der Waals surface area contributed by atoms with Crippen molar-refractivity contribution in [2.75, 3.05) is 11.9 Å². The Kier molecular flexibility index (Phi) is 5.18. The van der Waals surface area contributed by atoms with Crippen molar-refractivity contribution >= 4 is 40.9 Å². The zero-order valence-electron chi connectivity index (χ0n) is 10.1. The fourth-order valence-corrected chi connectivity index (χ4v) is 2.22. The van der Waals surface area contributed by atoms with Gasteiger partial charge in [-0.15, -0.1) is 0 Å². The average molecular weight is 316 g/mol. The van der Waals surface area contributed by atoms with E-state index in [0.29, 0.717) is 16.1 Å². The zero-order chi connectivity index (χ0) is 13.7. The zero-order valence-corrected chi connectivity index (χ0v) is 12.4. The molecule has 100 valence electrons. The molecule has 0 aliphatic heterocycles. The quantitative estimate of drug-likeness (QED) is 0.910. The van der Waals surface area contributed by atoms with E-state index in [9.17, 15) is 0 Å². The Labute approximate surface area is 125 Å². The number of rotatable bonds is 5. The molecule has 2 heterocycles. The molecule has 5 nitrogen and oxygen atoms in total. The summed E-state index contributed by atoms with van der Waals surface area (Å²) in [5, 5.41) is 5.05. The predicted octanol–water partition coefficient (Wildman–Crippen LogP) is 3.55. The maximum absolute atomic E-state index is 5.86. The number of halogens is 2. The third-order valence-electron chi connectivity index (χ3n) is 2.02. The largest absolute Gasteiger partial charge is 0.354 e. The third-order valence-corrected chi connectivity index (χ3v) is 3.23. The Morgan fingerprint density at radius 2 is 2.05 bits per heavy atom. The summed E-state index contributed by atoms with van der Waals surface area (Å²) in [4.78, 5) is 16.5. The second kappa shape index (κ2) is 6.88. The number of aromatic nitrogens is 4. The van der Waals surface area contributed by atoms with Gasteiger partial charge in [-0.1, -0.05) is 18.5 Å². The van der Waals surface area contributed by atoms with E-state index in [0.717, 1.165) is 18.0 Å². The first kappa shape index (κ1) is 14.3. The molecular formula is C11H11Cl2N5S. The van der Waals surface area contributed by atoms with Crippen LogP contribution in [0.4, 0.5) is 5.95 Å². The molecule has 0 amide bonds. The minimum Gasteiger partial charge on any atom is -0.354 e. The summed E-state index contributed by atoms with van der Waals surface area (Å²) >= 11 is 12.9. The van der Waals surface area contributed by atoms with Crippen LogP contribution in [0.3, 0.4) is 0 Å². The number of nitrogens with one attached hydrogen (secondary N) is 1. The highest BCUT2D eigenvalue weighted by Gasteiger charge is 2.07. The highest BCUT2D eigenvalue weighted by atomic mass is 35.5. The van der Waals surface area contributed by atoms with Gasteiger partial charge in [-0.3, -0.25) is 0 Å². The van der Waals surface area contributed by atoms with E-state index >= 15 is 0 Å². The molecule has 0 fully saturated rings. The van der Waals surface area contributed by atoms with Crippen LogP contribution >= 0.6 is 35.0 Å². The van der Waals surface area contributed by atoms with Crippen molar-refractivity contribution in [2.24, 2.45) is 0 Å². The van der Waals surface area contributed by atoms with E-state index < -0.39 is 0 Å². The lowest BCUT2D eigenvalue weighted by Gasteiger charge is -2.05. The molecule has 8 heteroatoms. The number of hydrogen-bond donors (Lipinski definition) is 1. The first-order valence-electron chi connectivity index (χ1n) is 5.62. The Balaban J connectivity index is 2.15. The Morgan fingerprint density at radius 1 is 1.21 bits per heavy atom. The molecule has 0 saturated heterocycles. The fraction of sp³-hybridized carbons (Fsp3) is 0.273. The molecular weight excluding hydrogens is 305 g/mol. The van der Waals surface area contributed by atoms with Crippen LogP contribution in [0.2, 0.25) is 10.3 Å². The summed E-state index contributed by atoms with van der Waals surface area (Å²) in [6, 6.07) is 3.56. The smallest absolute Gasteiger partial charge is 0.228 e. The van der Waals surface area contributed by atoms with E-state index in [4.69, 9.17) is 23.2 Å². The van der Waals surface area contributed by atoms with Crippen LogP contribution in [0.15, 0.2) is 28.5 Å². The molecule has 2 rings (SSSR count). The second-order valence-corrected chi connectivity index (χ2v) is 5.32. The van der Waals surface area contributed by atoms with Crippen molar-refractivity contribution in [3.8, 4) is 0 Å². The van der Waals surface area contributed by atoms with Gasteiger partial charge in [-0.05, 0) is 41.9 Å². The van der Waals surface area contributed by atoms with Gasteiger partial charge in [0.15, 0.2) is 5.16 Å². The summed E-state index contributed by atoms with van der Waals surface area (Å²) in [5.74, 6) is 0.471. The van der Waals surface area contributed by atoms with Crippen LogP contribution in [0.25, 0.3) is 0 Å². The maximum Gasteiger partial charge on any atom is 0.228 e. The van der Waals surface area contributed by atoms with Crippen molar-refractivity contribution in [2.45, 2.75) is 23.5 Å². The van der Waals surface area contributed by atoms with Gasteiger partial charge in [0.05, 0.1) is 5.02 Å². The molecule has 0 saturated carbocycles. The molecule has 0 unspecified atom stereocenters. The van der Waals surface area contributed by atoms with Crippen molar-refractivity contribution in [3.63, 3.8) is 0 Å². The van der Waals surface area contributed by atoms with Gasteiger partial charge < -0.3 is 5.32 Å². The summed E-state index contributed by atoms with van der Waals surface area (Å²) in [7, 11) is 0. The van der Waals surface area contributed by atoms with Crippen molar-refractivity contribution in [1.29, 1.82) is 0 Å². The van der Waals surface area contributed by atoms with Gasteiger partial charge in [0.25, 0.3) is 0 Å². The van der Waals surface area contributed by atoms with Gasteiger partial charge in [0.1, 0.15) is 5.03 Å². The van der Waals surface area contributed by atoms with Crippen molar-refractivity contribution in [3.05, 3.63) is 28.6 Å². The summed E-state index contributed by atoms with van der Waals surface area (Å²) in [6.07, 6.45) is 2.55. The first-order chi connectivity index (χ1) is 9.17. The van der Waals surface area contributed by atoms with Crippen molar-refractivity contribution < 1.29 is 0 Å². The molecule has 0 bridgehead atoms. The van der Waals surface area contributed by atoms with Crippen LogP contribution in [0.5, 0.6) is 0 Å². The molecule has 0 aliphatic carbocycles. The van der Waals surface area contributed by atoms with Crippen LogP contribution in [0.1, 0.15) is 13.3 Å². The van der Waals surface area contributed by atoms with Gasteiger partial charge in [-0.25, -0.2) is 4.98 Å². The van der Waals surface area contributed by atoms with E-state index in [1.165, 1.54) is 11.8 Å². The van der Waals surface area contributed by atoms with E-state index in [1.54, 1.807) is 18.3 Å². The minimum absolute atomic E-state index is 0.157. The van der Waals surface area contributed by atoms with Crippen molar-refractivity contribution in [1.82, 2.24) is 19.9 Å². The van der Waals surface area contributed by atoms with E-state index in [2.05, 4.69) is 32.2 Å². The SMILES string of the molecule is CCCNc1nc(Cl)nc(Sc2ccc(Cl)cn2)n1. The summed E-state index contributed by atoms with van der Waals surface area (Å²) in [5.41, 5.74) is 0. The minimum atomic E-state index is 0.157. The second-order valence-electron chi connectivity index (χ2n) is 3.55. The molecule has 0 spiro atoms. The average Bonchev–Trinajstić information content (AvgIpc) is 2.38. The summed E-state index contributed by atoms with van der Waals surface area (Å²) < 4.78 is 0. The van der Waals surface area contributed by atoms with E-state index in [1.807, 2.05) is 0 Å². The number of hydrogen-bond acceptors (Lipinski definition) is 6. The molecule has 0 radical (unpaired) electrons. The Morgan fingerprint density at radius 3 is 2.74 bits per heavy atom. The van der Waals surface area contributed by atoms with Crippen LogP contribution in [-0.4, -0.2) is 26.5 Å². The molecule has 2 aromatic heterocycles. The molecule has 0 aliphatic rings. The monoisotopic (exact) mass is 315 g/mol. The van der Waals surface area contributed by atoms with Gasteiger partial charge in [0.2, 0.25) is 11.2 Å². The van der Waals surface area contributed by atoms with Gasteiger partial charge in [-0.2, -0.15) is 15.0 Å². The van der Waals surface area contributed by atoms with Crippen LogP contribution < -0.4 is 5.32 Å². The topological polar surface area (TPSA) is 63.6 Å². The lowest BCUT2D eigenvalue weighted by Crippen LogP contribution is -2.06. The van der Waals surface area contributed by atoms with Crippen LogP contribution in [0, 0.1) is 0 Å². The predicted molar refractivity (Wildman–Crippen MR) is 77.0 cm³/mol. The van der Waals surface area contributed by atoms with Crippen LogP contribution in [-0.2, 0) is 0 Å². The maximum atomic E-state index is 5.86. The van der Waals surface area contributed by atoms with Gasteiger partial charge >= 0.3 is 0 Å². The summed E-state index contributed by atoms with van der Waals surface area (Å²) in [6.45, 7) is 2.84. The van der Waals surface area contributed by atoms with Gasteiger partial charge in [0, 0.05) is 12.7 Å². The molecule has 0 aromatic carbocycles.